The number of carbonyl (C=O) groups excluding carboxylic acids is 2. The second kappa shape index (κ2) is 7.96. The Morgan fingerprint density at radius 3 is 2.64 bits per heavy atom. The molecule has 4 rings (SSSR count). The molecule has 2 heterocycles. The first kappa shape index (κ1) is 18.4. The van der Waals surface area contributed by atoms with E-state index in [0.717, 1.165) is 5.56 Å². The van der Waals surface area contributed by atoms with Gasteiger partial charge in [-0.3, -0.25) is 20.4 Å². The molecule has 1 saturated heterocycles. The van der Waals surface area contributed by atoms with Gasteiger partial charge in [0.2, 0.25) is 5.91 Å². The quantitative estimate of drug-likeness (QED) is 0.666. The second-order valence-electron chi connectivity index (χ2n) is 6.56. The van der Waals surface area contributed by atoms with Gasteiger partial charge in [-0.1, -0.05) is 48.0 Å². The van der Waals surface area contributed by atoms with Crippen molar-refractivity contribution in [2.45, 2.75) is 6.42 Å². The number of nitrogens with one attached hydrogen (secondary N) is 2. The normalized spacial score (nSPS) is 16.1. The summed E-state index contributed by atoms with van der Waals surface area (Å²) in [6, 6.07) is 16.4. The molecule has 2 amide bonds. The molecule has 0 aliphatic carbocycles. The number of pyridine rings is 1. The topological polar surface area (TPSA) is 80.3 Å². The van der Waals surface area contributed by atoms with E-state index in [2.05, 4.69) is 15.8 Å². The first-order chi connectivity index (χ1) is 13.6. The van der Waals surface area contributed by atoms with Gasteiger partial charge >= 0.3 is 0 Å². The molecule has 1 aliphatic heterocycles. The van der Waals surface area contributed by atoms with E-state index in [9.17, 15) is 9.59 Å². The summed E-state index contributed by atoms with van der Waals surface area (Å²) in [5.41, 5.74) is 7.39. The number of benzene rings is 2. The van der Waals surface area contributed by atoms with Crippen LogP contribution < -0.4 is 10.9 Å². The van der Waals surface area contributed by atoms with Gasteiger partial charge in [0.1, 0.15) is 0 Å². The van der Waals surface area contributed by atoms with E-state index in [0.29, 0.717) is 46.8 Å². The van der Waals surface area contributed by atoms with Crippen LogP contribution in [0.4, 0.5) is 0 Å². The number of nitrogens with zero attached hydrogens (tertiary/aromatic N) is 1. The zero-order valence-corrected chi connectivity index (χ0v) is 15.7. The van der Waals surface area contributed by atoms with Crippen molar-refractivity contribution >= 4 is 34.3 Å². The number of hydrogen-bond donors (Lipinski definition) is 2. The number of fused-ring (bicyclic) bond motifs is 1. The molecule has 7 heteroatoms. The number of ether oxygens (including phenoxy) is 1. The highest BCUT2D eigenvalue weighted by Crippen LogP contribution is 2.29. The molecule has 0 radical (unpaired) electrons. The van der Waals surface area contributed by atoms with Crippen molar-refractivity contribution < 1.29 is 14.3 Å². The highest BCUT2D eigenvalue weighted by Gasteiger charge is 2.24. The van der Waals surface area contributed by atoms with E-state index in [-0.39, 0.29) is 11.8 Å². The van der Waals surface area contributed by atoms with Gasteiger partial charge in [-0.15, -0.1) is 0 Å². The number of rotatable bonds is 3. The van der Waals surface area contributed by atoms with E-state index in [1.807, 2.05) is 42.5 Å². The fourth-order valence-corrected chi connectivity index (χ4v) is 3.43. The van der Waals surface area contributed by atoms with Gasteiger partial charge < -0.3 is 4.74 Å². The number of para-hydroxylation sites is 1. The molecule has 1 unspecified atom stereocenters. The summed E-state index contributed by atoms with van der Waals surface area (Å²) in [7, 11) is 0. The summed E-state index contributed by atoms with van der Waals surface area (Å²) in [5, 5.41) is 1.24. The standard InChI is InChI=1S/C21H18ClN3O3/c22-17-7-3-1-6-15(17)19-11-16(14-5-2-4-8-18(14)23-19)21(27)25-24-20(26)13-9-10-28-12-13/h1-8,11,13H,9-10,12H2,(H,24,26)(H,25,27). The third-order valence-corrected chi connectivity index (χ3v) is 5.04. The highest BCUT2D eigenvalue weighted by atomic mass is 35.5. The highest BCUT2D eigenvalue weighted by molar-refractivity contribution is 6.33. The number of carbonyl (C=O) groups is 2. The Labute approximate surface area is 166 Å². The molecule has 1 aromatic heterocycles. The maximum Gasteiger partial charge on any atom is 0.270 e. The maximum absolute atomic E-state index is 12.8. The van der Waals surface area contributed by atoms with Crippen LogP contribution in [0.1, 0.15) is 16.8 Å². The van der Waals surface area contributed by atoms with Crippen molar-refractivity contribution in [2.75, 3.05) is 13.2 Å². The fraction of sp³-hybridized carbons (Fsp3) is 0.190. The summed E-state index contributed by atoms with van der Waals surface area (Å²) in [4.78, 5) is 29.6. The summed E-state index contributed by atoms with van der Waals surface area (Å²) in [6.07, 6.45) is 0.649. The van der Waals surface area contributed by atoms with Crippen molar-refractivity contribution in [3.05, 3.63) is 65.2 Å². The predicted molar refractivity (Wildman–Crippen MR) is 107 cm³/mol. The monoisotopic (exact) mass is 395 g/mol. The minimum absolute atomic E-state index is 0.242. The fourth-order valence-electron chi connectivity index (χ4n) is 3.20. The Morgan fingerprint density at radius 2 is 1.86 bits per heavy atom. The zero-order chi connectivity index (χ0) is 19.5. The van der Waals surface area contributed by atoms with Crippen LogP contribution in [0.2, 0.25) is 5.02 Å². The van der Waals surface area contributed by atoms with Gasteiger partial charge in [-0.25, -0.2) is 4.98 Å². The number of amides is 2. The van der Waals surface area contributed by atoms with E-state index in [1.54, 1.807) is 12.1 Å². The van der Waals surface area contributed by atoms with Crippen LogP contribution >= 0.6 is 11.6 Å². The smallest absolute Gasteiger partial charge is 0.270 e. The molecular weight excluding hydrogens is 378 g/mol. The van der Waals surface area contributed by atoms with Crippen molar-refractivity contribution in [3.8, 4) is 11.3 Å². The van der Waals surface area contributed by atoms with Gasteiger partial charge in [-0.2, -0.15) is 0 Å². The summed E-state index contributed by atoms with van der Waals surface area (Å²) >= 11 is 6.31. The van der Waals surface area contributed by atoms with E-state index >= 15 is 0 Å². The SMILES string of the molecule is O=C(NNC(=O)C1CCOC1)c1cc(-c2ccccc2Cl)nc2ccccc12. The third-order valence-electron chi connectivity index (χ3n) is 4.71. The zero-order valence-electron chi connectivity index (χ0n) is 14.9. The van der Waals surface area contributed by atoms with E-state index < -0.39 is 5.91 Å². The number of hydrazine groups is 1. The van der Waals surface area contributed by atoms with Gasteiger partial charge in [0.05, 0.1) is 29.3 Å². The average molecular weight is 396 g/mol. The lowest BCUT2D eigenvalue weighted by Crippen LogP contribution is -2.44. The van der Waals surface area contributed by atoms with Crippen molar-refractivity contribution in [2.24, 2.45) is 5.92 Å². The van der Waals surface area contributed by atoms with Gasteiger partial charge in [0, 0.05) is 22.6 Å². The van der Waals surface area contributed by atoms with Gasteiger partial charge in [0.15, 0.2) is 0 Å². The molecule has 28 heavy (non-hydrogen) atoms. The van der Waals surface area contributed by atoms with Crippen LogP contribution in [0.5, 0.6) is 0 Å². The van der Waals surface area contributed by atoms with Crippen LogP contribution in [-0.2, 0) is 9.53 Å². The Kier molecular flexibility index (Phi) is 5.23. The summed E-state index contributed by atoms with van der Waals surface area (Å²) in [5.74, 6) is -0.914. The molecule has 1 atom stereocenters. The Bertz CT molecular complexity index is 1050. The molecule has 0 saturated carbocycles. The molecule has 1 aliphatic rings. The molecule has 6 nitrogen and oxygen atoms in total. The molecule has 0 bridgehead atoms. The lowest BCUT2D eigenvalue weighted by Gasteiger charge is -2.13. The molecule has 2 N–H and O–H groups in total. The second-order valence-corrected chi connectivity index (χ2v) is 6.96. The van der Waals surface area contributed by atoms with Crippen LogP contribution in [0.25, 0.3) is 22.2 Å². The van der Waals surface area contributed by atoms with Crippen molar-refractivity contribution in [3.63, 3.8) is 0 Å². The van der Waals surface area contributed by atoms with E-state index in [1.165, 1.54) is 0 Å². The largest absolute Gasteiger partial charge is 0.381 e. The average Bonchev–Trinajstić information content (AvgIpc) is 3.26. The van der Waals surface area contributed by atoms with Crippen LogP contribution in [0.15, 0.2) is 54.6 Å². The Hall–Kier alpha value is -2.96. The summed E-state index contributed by atoms with van der Waals surface area (Å²) < 4.78 is 5.21. The summed E-state index contributed by atoms with van der Waals surface area (Å²) in [6.45, 7) is 0.929. The number of halogens is 1. The van der Waals surface area contributed by atoms with Gasteiger partial charge in [-0.05, 0) is 24.6 Å². The lowest BCUT2D eigenvalue weighted by atomic mass is 10.0. The molecule has 142 valence electrons. The van der Waals surface area contributed by atoms with Crippen LogP contribution in [0.3, 0.4) is 0 Å². The molecule has 0 spiro atoms. The van der Waals surface area contributed by atoms with E-state index in [4.69, 9.17) is 16.3 Å². The van der Waals surface area contributed by atoms with Gasteiger partial charge in [0.25, 0.3) is 5.91 Å². The minimum atomic E-state index is -0.417. The predicted octanol–water partition coefficient (Wildman–Crippen LogP) is 3.35. The number of aromatic nitrogens is 1. The number of hydrogen-bond acceptors (Lipinski definition) is 4. The van der Waals surface area contributed by atoms with Crippen LogP contribution in [0, 0.1) is 5.92 Å². The molecule has 2 aromatic carbocycles. The minimum Gasteiger partial charge on any atom is -0.381 e. The first-order valence-corrected chi connectivity index (χ1v) is 9.34. The third kappa shape index (κ3) is 3.69. The molecule has 3 aromatic rings. The Morgan fingerprint density at radius 1 is 1.07 bits per heavy atom. The lowest BCUT2D eigenvalue weighted by molar-refractivity contribution is -0.125. The molecule has 1 fully saturated rings. The maximum atomic E-state index is 12.8. The van der Waals surface area contributed by atoms with Crippen molar-refractivity contribution in [1.29, 1.82) is 0 Å². The van der Waals surface area contributed by atoms with Crippen LogP contribution in [-0.4, -0.2) is 30.0 Å². The first-order valence-electron chi connectivity index (χ1n) is 8.96. The Balaban J connectivity index is 1.66. The van der Waals surface area contributed by atoms with Crippen molar-refractivity contribution in [1.82, 2.24) is 15.8 Å². The molecular formula is C21H18ClN3O3.